The molecule has 0 saturated heterocycles. The molecule has 15 heavy (non-hydrogen) atoms. The van der Waals surface area contributed by atoms with Gasteiger partial charge in [0.25, 0.3) is 0 Å². The van der Waals surface area contributed by atoms with E-state index in [9.17, 15) is 4.79 Å². The third kappa shape index (κ3) is 3.95. The van der Waals surface area contributed by atoms with E-state index in [4.69, 9.17) is 9.84 Å². The van der Waals surface area contributed by atoms with E-state index in [-0.39, 0.29) is 25.6 Å². The Hall–Kier alpha value is -1.62. The lowest BCUT2D eigenvalue weighted by molar-refractivity contribution is -0.141. The van der Waals surface area contributed by atoms with E-state index in [1.165, 1.54) is 13.3 Å². The van der Waals surface area contributed by atoms with Crippen molar-refractivity contribution in [2.75, 3.05) is 13.7 Å². The summed E-state index contributed by atoms with van der Waals surface area (Å²) in [5, 5.41) is 8.74. The van der Waals surface area contributed by atoms with Gasteiger partial charge in [0.2, 0.25) is 0 Å². The Kier molecular flexibility index (Phi) is 4.56. The van der Waals surface area contributed by atoms with Gasteiger partial charge in [0.1, 0.15) is 5.75 Å². The van der Waals surface area contributed by atoms with Crippen LogP contribution in [0.1, 0.15) is 12.1 Å². The standard InChI is InChI=1S/C10H13NO4/c1-14-10(13)4-5-15-9-3-2-8(7-12)11-6-9/h2-3,6,12H,4-5,7H2,1H3. The minimum atomic E-state index is -0.310. The number of nitrogens with zero attached hydrogens (tertiary/aromatic N) is 1. The summed E-state index contributed by atoms with van der Waals surface area (Å²) in [4.78, 5) is 14.7. The van der Waals surface area contributed by atoms with Crippen LogP contribution < -0.4 is 4.74 Å². The van der Waals surface area contributed by atoms with Gasteiger partial charge in [-0.15, -0.1) is 0 Å². The monoisotopic (exact) mass is 211 g/mol. The highest BCUT2D eigenvalue weighted by Crippen LogP contribution is 2.09. The number of pyridine rings is 1. The second kappa shape index (κ2) is 5.98. The fraction of sp³-hybridized carbons (Fsp3) is 0.400. The van der Waals surface area contributed by atoms with Crippen molar-refractivity contribution in [3.63, 3.8) is 0 Å². The van der Waals surface area contributed by atoms with Gasteiger partial charge in [-0.2, -0.15) is 0 Å². The first-order chi connectivity index (χ1) is 7.26. The summed E-state index contributed by atoms with van der Waals surface area (Å²) in [5.41, 5.74) is 0.579. The number of hydrogen-bond donors (Lipinski definition) is 1. The van der Waals surface area contributed by atoms with Gasteiger partial charge in [0.15, 0.2) is 0 Å². The molecule has 5 nitrogen and oxygen atoms in total. The molecule has 0 bridgehead atoms. The molecule has 0 aliphatic rings. The highest BCUT2D eigenvalue weighted by molar-refractivity contribution is 5.69. The first kappa shape index (κ1) is 11.5. The van der Waals surface area contributed by atoms with Crippen LogP contribution in [-0.2, 0) is 16.1 Å². The van der Waals surface area contributed by atoms with Crippen molar-refractivity contribution in [1.29, 1.82) is 0 Å². The summed E-state index contributed by atoms with van der Waals surface area (Å²) in [5.74, 6) is 0.256. The molecule has 1 rings (SSSR count). The number of ether oxygens (including phenoxy) is 2. The largest absolute Gasteiger partial charge is 0.491 e. The van der Waals surface area contributed by atoms with Crippen molar-refractivity contribution >= 4 is 5.97 Å². The molecule has 0 radical (unpaired) electrons. The zero-order valence-electron chi connectivity index (χ0n) is 8.47. The Bertz CT molecular complexity index is 310. The summed E-state index contributed by atoms with van der Waals surface area (Å²) in [6, 6.07) is 3.35. The molecule has 0 saturated carbocycles. The number of aliphatic hydroxyl groups excluding tert-OH is 1. The Morgan fingerprint density at radius 1 is 1.53 bits per heavy atom. The quantitative estimate of drug-likeness (QED) is 0.719. The predicted octanol–water partition coefficient (Wildman–Crippen LogP) is 0.516. The Balaban J connectivity index is 2.34. The highest BCUT2D eigenvalue weighted by Gasteiger charge is 2.01. The van der Waals surface area contributed by atoms with Crippen LogP contribution >= 0.6 is 0 Å². The van der Waals surface area contributed by atoms with E-state index < -0.39 is 0 Å². The normalized spacial score (nSPS) is 9.73. The fourth-order valence-electron chi connectivity index (χ4n) is 0.944. The molecular weight excluding hydrogens is 198 g/mol. The molecule has 0 atom stereocenters. The molecule has 0 aliphatic carbocycles. The van der Waals surface area contributed by atoms with Crippen molar-refractivity contribution < 1.29 is 19.4 Å². The number of rotatable bonds is 5. The van der Waals surface area contributed by atoms with Crippen LogP contribution in [0.5, 0.6) is 5.75 Å². The van der Waals surface area contributed by atoms with Gasteiger partial charge in [-0.3, -0.25) is 9.78 Å². The lowest BCUT2D eigenvalue weighted by Gasteiger charge is -2.04. The summed E-state index contributed by atoms with van der Waals surface area (Å²) in [7, 11) is 1.33. The minimum absolute atomic E-state index is 0.0948. The van der Waals surface area contributed by atoms with Crippen molar-refractivity contribution in [3.8, 4) is 5.75 Å². The Morgan fingerprint density at radius 3 is 2.87 bits per heavy atom. The first-order valence-corrected chi connectivity index (χ1v) is 4.51. The summed E-state index contributed by atoms with van der Waals surface area (Å²) >= 11 is 0. The molecule has 1 aromatic rings. The number of methoxy groups -OCH3 is 1. The van der Waals surface area contributed by atoms with Gasteiger partial charge in [-0.1, -0.05) is 0 Å². The third-order valence-electron chi connectivity index (χ3n) is 1.76. The second-order valence-corrected chi connectivity index (χ2v) is 2.82. The predicted molar refractivity (Wildman–Crippen MR) is 52.3 cm³/mol. The average molecular weight is 211 g/mol. The molecular formula is C10H13NO4. The SMILES string of the molecule is COC(=O)CCOc1ccc(CO)nc1. The van der Waals surface area contributed by atoms with Crippen LogP contribution in [0.25, 0.3) is 0 Å². The van der Waals surface area contributed by atoms with Crippen LogP contribution in [0.3, 0.4) is 0 Å². The Labute approximate surface area is 87.7 Å². The van der Waals surface area contributed by atoms with Crippen molar-refractivity contribution in [2.45, 2.75) is 13.0 Å². The van der Waals surface area contributed by atoms with Gasteiger partial charge in [-0.25, -0.2) is 0 Å². The number of esters is 1. The van der Waals surface area contributed by atoms with E-state index in [1.807, 2.05) is 0 Å². The molecule has 5 heteroatoms. The minimum Gasteiger partial charge on any atom is -0.491 e. The molecule has 82 valence electrons. The number of aromatic nitrogens is 1. The topological polar surface area (TPSA) is 68.7 Å². The zero-order chi connectivity index (χ0) is 11.1. The van der Waals surface area contributed by atoms with E-state index in [0.29, 0.717) is 11.4 Å². The van der Waals surface area contributed by atoms with Crippen LogP contribution in [0.4, 0.5) is 0 Å². The Morgan fingerprint density at radius 2 is 2.33 bits per heavy atom. The smallest absolute Gasteiger partial charge is 0.308 e. The van der Waals surface area contributed by atoms with Gasteiger partial charge in [0, 0.05) is 0 Å². The van der Waals surface area contributed by atoms with Gasteiger partial charge in [0.05, 0.1) is 38.6 Å². The van der Waals surface area contributed by atoms with Crippen LogP contribution in [0.2, 0.25) is 0 Å². The molecule has 0 spiro atoms. The maximum atomic E-state index is 10.8. The van der Waals surface area contributed by atoms with Crippen LogP contribution in [-0.4, -0.2) is 29.8 Å². The van der Waals surface area contributed by atoms with Crippen molar-refractivity contribution in [3.05, 3.63) is 24.0 Å². The summed E-state index contributed by atoms with van der Waals surface area (Å²) in [6.45, 7) is 0.162. The molecule has 1 heterocycles. The molecule has 0 amide bonds. The van der Waals surface area contributed by atoms with Crippen LogP contribution in [0.15, 0.2) is 18.3 Å². The molecule has 0 unspecified atom stereocenters. The number of hydrogen-bond acceptors (Lipinski definition) is 5. The summed E-state index contributed by atoms with van der Waals surface area (Å²) < 4.78 is 9.69. The van der Waals surface area contributed by atoms with Gasteiger partial charge < -0.3 is 14.6 Å². The maximum absolute atomic E-state index is 10.8. The van der Waals surface area contributed by atoms with E-state index in [2.05, 4.69) is 9.72 Å². The van der Waals surface area contributed by atoms with Crippen molar-refractivity contribution in [1.82, 2.24) is 4.98 Å². The highest BCUT2D eigenvalue weighted by atomic mass is 16.5. The fourth-order valence-corrected chi connectivity index (χ4v) is 0.944. The average Bonchev–Trinajstić information content (AvgIpc) is 2.29. The number of aliphatic hydroxyl groups is 1. The number of carbonyl (C=O) groups excluding carboxylic acids is 1. The molecule has 1 N–H and O–H groups in total. The lowest BCUT2D eigenvalue weighted by atomic mass is 10.3. The zero-order valence-corrected chi connectivity index (χ0v) is 8.47. The molecule has 0 fully saturated rings. The number of carbonyl (C=O) groups is 1. The maximum Gasteiger partial charge on any atom is 0.308 e. The molecule has 1 aromatic heterocycles. The van der Waals surface area contributed by atoms with E-state index in [0.717, 1.165) is 0 Å². The van der Waals surface area contributed by atoms with E-state index >= 15 is 0 Å². The molecule has 0 aromatic carbocycles. The summed E-state index contributed by atoms with van der Waals surface area (Å²) in [6.07, 6.45) is 1.71. The lowest BCUT2D eigenvalue weighted by Crippen LogP contribution is -2.07. The van der Waals surface area contributed by atoms with Gasteiger partial charge in [-0.05, 0) is 12.1 Å². The van der Waals surface area contributed by atoms with E-state index in [1.54, 1.807) is 12.1 Å². The first-order valence-electron chi connectivity index (χ1n) is 4.51. The second-order valence-electron chi connectivity index (χ2n) is 2.82. The molecule has 0 aliphatic heterocycles. The van der Waals surface area contributed by atoms with Gasteiger partial charge >= 0.3 is 5.97 Å². The third-order valence-corrected chi connectivity index (χ3v) is 1.76. The van der Waals surface area contributed by atoms with Crippen LogP contribution in [0, 0.1) is 0 Å². The van der Waals surface area contributed by atoms with Crippen molar-refractivity contribution in [2.24, 2.45) is 0 Å².